The van der Waals surface area contributed by atoms with E-state index in [2.05, 4.69) is 16.4 Å². The third-order valence-corrected chi connectivity index (χ3v) is 3.22. The number of H-pyrrole nitrogens is 1. The Labute approximate surface area is 116 Å². The van der Waals surface area contributed by atoms with Crippen LogP contribution in [0, 0.1) is 6.92 Å². The molecular formula is C16H16N2O2. The van der Waals surface area contributed by atoms with Gasteiger partial charge in [0.25, 0.3) is 0 Å². The van der Waals surface area contributed by atoms with Crippen LogP contribution in [0.5, 0.6) is 0 Å². The molecule has 4 heteroatoms. The summed E-state index contributed by atoms with van der Waals surface area (Å²) >= 11 is 0. The molecule has 0 bridgehead atoms. The van der Waals surface area contributed by atoms with Crippen LogP contribution in [0.15, 0.2) is 47.1 Å². The molecule has 0 fully saturated rings. The second-order valence-corrected chi connectivity index (χ2v) is 4.91. The Balaban J connectivity index is 1.64. The van der Waals surface area contributed by atoms with E-state index < -0.39 is 0 Å². The maximum absolute atomic E-state index is 11.9. The second-order valence-electron chi connectivity index (χ2n) is 4.91. The first-order chi connectivity index (χ1) is 9.70. The van der Waals surface area contributed by atoms with E-state index in [-0.39, 0.29) is 5.91 Å². The van der Waals surface area contributed by atoms with E-state index in [1.165, 1.54) is 0 Å². The van der Waals surface area contributed by atoms with Gasteiger partial charge in [-0.1, -0.05) is 6.07 Å². The summed E-state index contributed by atoms with van der Waals surface area (Å²) in [6.07, 6.45) is 1.98. The number of aromatic nitrogens is 1. The van der Waals surface area contributed by atoms with E-state index in [1.54, 1.807) is 6.26 Å². The van der Waals surface area contributed by atoms with Crippen molar-refractivity contribution in [3.63, 3.8) is 0 Å². The van der Waals surface area contributed by atoms with Crippen molar-refractivity contribution in [2.75, 3.05) is 0 Å². The summed E-state index contributed by atoms with van der Waals surface area (Å²) < 4.78 is 5.18. The third kappa shape index (κ3) is 2.74. The smallest absolute Gasteiger partial charge is 0.224 e. The molecule has 4 nitrogen and oxygen atoms in total. The number of amides is 1. The summed E-state index contributed by atoms with van der Waals surface area (Å²) in [5, 5.41) is 3.98. The van der Waals surface area contributed by atoms with Crippen molar-refractivity contribution in [2.45, 2.75) is 19.9 Å². The Morgan fingerprint density at radius 2 is 2.20 bits per heavy atom. The normalized spacial score (nSPS) is 10.8. The molecule has 0 spiro atoms. The Kier molecular flexibility index (Phi) is 3.29. The lowest BCUT2D eigenvalue weighted by atomic mass is 10.1. The van der Waals surface area contributed by atoms with Gasteiger partial charge in [0, 0.05) is 11.2 Å². The lowest BCUT2D eigenvalue weighted by Crippen LogP contribution is -2.24. The molecule has 0 aliphatic carbocycles. The monoisotopic (exact) mass is 268 g/mol. The van der Waals surface area contributed by atoms with Crippen LogP contribution in [0.3, 0.4) is 0 Å². The zero-order valence-corrected chi connectivity index (χ0v) is 11.3. The van der Waals surface area contributed by atoms with Gasteiger partial charge in [0.2, 0.25) is 5.91 Å². The van der Waals surface area contributed by atoms with Crippen molar-refractivity contribution >= 4 is 16.8 Å². The van der Waals surface area contributed by atoms with Crippen molar-refractivity contribution < 1.29 is 9.21 Å². The van der Waals surface area contributed by atoms with Crippen molar-refractivity contribution in [1.82, 2.24) is 10.3 Å². The van der Waals surface area contributed by atoms with E-state index in [1.807, 2.05) is 37.3 Å². The molecule has 0 aliphatic heterocycles. The van der Waals surface area contributed by atoms with Gasteiger partial charge in [0.15, 0.2) is 0 Å². The van der Waals surface area contributed by atoms with Gasteiger partial charge >= 0.3 is 0 Å². The molecule has 3 aromatic rings. The molecule has 0 saturated carbocycles. The molecule has 3 rings (SSSR count). The molecule has 0 aliphatic rings. The largest absolute Gasteiger partial charge is 0.467 e. The maximum Gasteiger partial charge on any atom is 0.224 e. The Bertz CT molecular complexity index is 726. The molecule has 102 valence electrons. The molecule has 0 unspecified atom stereocenters. The third-order valence-electron chi connectivity index (χ3n) is 3.22. The van der Waals surface area contributed by atoms with E-state index in [0.717, 1.165) is 27.9 Å². The van der Waals surface area contributed by atoms with Gasteiger partial charge in [0.05, 0.1) is 19.2 Å². The maximum atomic E-state index is 11.9. The van der Waals surface area contributed by atoms with Gasteiger partial charge in [-0.3, -0.25) is 4.79 Å². The number of carbonyl (C=O) groups excluding carboxylic acids is 1. The Hall–Kier alpha value is -2.49. The standard InChI is InChI=1S/C16H16N2O2/c1-11-7-13-8-12(4-5-15(13)18-11)9-16(19)17-10-14-3-2-6-20-14/h2-8,18H,9-10H2,1H3,(H,17,19). The lowest BCUT2D eigenvalue weighted by Gasteiger charge is -2.04. The molecule has 20 heavy (non-hydrogen) atoms. The average molecular weight is 268 g/mol. The summed E-state index contributed by atoms with van der Waals surface area (Å²) in [5.74, 6) is 0.753. The first kappa shape index (κ1) is 12.5. The lowest BCUT2D eigenvalue weighted by molar-refractivity contribution is -0.120. The van der Waals surface area contributed by atoms with Crippen LogP contribution in [-0.4, -0.2) is 10.9 Å². The highest BCUT2D eigenvalue weighted by atomic mass is 16.3. The Morgan fingerprint density at radius 1 is 1.30 bits per heavy atom. The number of fused-ring (bicyclic) bond motifs is 1. The zero-order valence-electron chi connectivity index (χ0n) is 11.3. The molecule has 0 radical (unpaired) electrons. The SMILES string of the molecule is Cc1cc2cc(CC(=O)NCc3ccco3)ccc2[nH]1. The van der Waals surface area contributed by atoms with Crippen LogP contribution in [0.2, 0.25) is 0 Å². The highest BCUT2D eigenvalue weighted by molar-refractivity contribution is 5.84. The molecule has 2 aromatic heterocycles. The molecule has 2 heterocycles. The first-order valence-electron chi connectivity index (χ1n) is 6.58. The van der Waals surface area contributed by atoms with Crippen LogP contribution in [0.25, 0.3) is 10.9 Å². The number of benzene rings is 1. The van der Waals surface area contributed by atoms with Crippen LogP contribution < -0.4 is 5.32 Å². The van der Waals surface area contributed by atoms with Crippen LogP contribution in [0.1, 0.15) is 17.0 Å². The van der Waals surface area contributed by atoms with Gasteiger partial charge in [-0.25, -0.2) is 0 Å². The number of nitrogens with one attached hydrogen (secondary N) is 2. The predicted octanol–water partition coefficient (Wildman–Crippen LogP) is 2.93. The zero-order chi connectivity index (χ0) is 13.9. The van der Waals surface area contributed by atoms with Crippen molar-refractivity contribution in [2.24, 2.45) is 0 Å². The molecule has 1 amide bonds. The van der Waals surface area contributed by atoms with Crippen LogP contribution in [0.4, 0.5) is 0 Å². The fourth-order valence-corrected chi connectivity index (χ4v) is 2.28. The number of furan rings is 1. The van der Waals surface area contributed by atoms with Gasteiger partial charge < -0.3 is 14.7 Å². The number of hydrogen-bond acceptors (Lipinski definition) is 2. The minimum atomic E-state index is -0.00647. The fraction of sp³-hybridized carbons (Fsp3) is 0.188. The number of hydrogen-bond donors (Lipinski definition) is 2. The molecule has 0 saturated heterocycles. The fourth-order valence-electron chi connectivity index (χ4n) is 2.28. The van der Waals surface area contributed by atoms with Crippen molar-refractivity contribution in [3.8, 4) is 0 Å². The van der Waals surface area contributed by atoms with Crippen molar-refractivity contribution in [3.05, 3.63) is 59.7 Å². The summed E-state index contributed by atoms with van der Waals surface area (Å²) in [4.78, 5) is 15.2. The highest BCUT2D eigenvalue weighted by Crippen LogP contribution is 2.17. The van der Waals surface area contributed by atoms with Gasteiger partial charge in [-0.15, -0.1) is 0 Å². The van der Waals surface area contributed by atoms with E-state index in [0.29, 0.717) is 13.0 Å². The van der Waals surface area contributed by atoms with Gasteiger partial charge in [-0.05, 0) is 48.2 Å². The number of rotatable bonds is 4. The molecular weight excluding hydrogens is 252 g/mol. The summed E-state index contributed by atoms with van der Waals surface area (Å²) in [7, 11) is 0. The van der Waals surface area contributed by atoms with Crippen molar-refractivity contribution in [1.29, 1.82) is 0 Å². The van der Waals surface area contributed by atoms with E-state index >= 15 is 0 Å². The number of aryl methyl sites for hydroxylation is 1. The topological polar surface area (TPSA) is 58.0 Å². The number of aromatic amines is 1. The molecule has 2 N–H and O–H groups in total. The minimum Gasteiger partial charge on any atom is -0.467 e. The first-order valence-corrected chi connectivity index (χ1v) is 6.58. The van der Waals surface area contributed by atoms with E-state index in [9.17, 15) is 4.79 Å². The van der Waals surface area contributed by atoms with Crippen LogP contribution in [-0.2, 0) is 17.8 Å². The average Bonchev–Trinajstić information content (AvgIpc) is 3.04. The quantitative estimate of drug-likeness (QED) is 0.764. The molecule has 1 aromatic carbocycles. The Morgan fingerprint density at radius 3 is 3.00 bits per heavy atom. The van der Waals surface area contributed by atoms with Gasteiger partial charge in [0.1, 0.15) is 5.76 Å². The second kappa shape index (κ2) is 5.25. The summed E-state index contributed by atoms with van der Waals surface area (Å²) in [5.41, 5.74) is 3.23. The minimum absolute atomic E-state index is 0.00647. The summed E-state index contributed by atoms with van der Waals surface area (Å²) in [6, 6.07) is 11.8. The van der Waals surface area contributed by atoms with E-state index in [4.69, 9.17) is 4.42 Å². The van der Waals surface area contributed by atoms with Crippen LogP contribution >= 0.6 is 0 Å². The molecule has 0 atom stereocenters. The van der Waals surface area contributed by atoms with Gasteiger partial charge in [-0.2, -0.15) is 0 Å². The predicted molar refractivity (Wildman–Crippen MR) is 77.3 cm³/mol. The highest BCUT2D eigenvalue weighted by Gasteiger charge is 2.06. The summed E-state index contributed by atoms with van der Waals surface area (Å²) in [6.45, 7) is 2.45. The number of carbonyl (C=O) groups is 1.